The highest BCUT2D eigenvalue weighted by molar-refractivity contribution is 7.80. The van der Waals surface area contributed by atoms with Gasteiger partial charge in [0.2, 0.25) is 0 Å². The summed E-state index contributed by atoms with van der Waals surface area (Å²) in [6.45, 7) is 6.13. The predicted molar refractivity (Wildman–Crippen MR) is 103 cm³/mol. The van der Waals surface area contributed by atoms with E-state index in [1.165, 1.54) is 6.07 Å². The Labute approximate surface area is 156 Å². The molecule has 134 valence electrons. The predicted octanol–water partition coefficient (Wildman–Crippen LogP) is 4.08. The van der Waals surface area contributed by atoms with Crippen LogP contribution in [-0.4, -0.2) is 15.8 Å². The summed E-state index contributed by atoms with van der Waals surface area (Å²) in [6, 6.07) is 12.7. The molecule has 7 heteroatoms. The number of hydrogen-bond acceptors (Lipinski definition) is 4. The van der Waals surface area contributed by atoms with E-state index in [1.54, 1.807) is 12.1 Å². The maximum atomic E-state index is 11.1. The van der Waals surface area contributed by atoms with Crippen LogP contribution in [0.25, 0.3) is 0 Å². The number of benzene rings is 2. The lowest BCUT2D eigenvalue weighted by Gasteiger charge is -2.56. The van der Waals surface area contributed by atoms with E-state index < -0.39 is 5.72 Å². The summed E-state index contributed by atoms with van der Waals surface area (Å²) >= 11 is 5.65. The maximum Gasteiger partial charge on any atom is 0.270 e. The number of rotatable bonds is 2. The normalized spacial score (nSPS) is 26.6. The average molecular weight is 369 g/mol. The number of nitro groups is 1. The Balaban J connectivity index is 1.84. The molecule has 2 heterocycles. The molecule has 2 aliphatic rings. The van der Waals surface area contributed by atoms with Crippen LogP contribution in [0.15, 0.2) is 42.5 Å². The lowest BCUT2D eigenvalue weighted by molar-refractivity contribution is -0.385. The minimum absolute atomic E-state index is 0.0178. The largest absolute Gasteiger partial charge is 0.467 e. The first kappa shape index (κ1) is 16.8. The van der Waals surface area contributed by atoms with Crippen molar-refractivity contribution in [2.45, 2.75) is 32.5 Å². The summed E-state index contributed by atoms with van der Waals surface area (Å²) < 4.78 is 6.39. The summed E-state index contributed by atoms with van der Waals surface area (Å²) in [5.74, 6) is 0.665. The molecule has 0 radical (unpaired) electrons. The van der Waals surface area contributed by atoms with Crippen LogP contribution in [0.4, 0.5) is 11.4 Å². The number of nitrogens with zero attached hydrogens (tertiary/aromatic N) is 2. The van der Waals surface area contributed by atoms with Gasteiger partial charge in [0, 0.05) is 29.3 Å². The number of nitrogens with one attached hydrogen (secondary N) is 1. The Hall–Kier alpha value is -2.67. The number of nitro benzene ring substituents is 1. The second kappa shape index (κ2) is 5.67. The molecule has 6 nitrogen and oxygen atoms in total. The number of aryl methyl sites for hydroxylation is 1. The topological polar surface area (TPSA) is 67.6 Å². The highest BCUT2D eigenvalue weighted by Gasteiger charge is 2.54. The molecule has 0 unspecified atom stereocenters. The third-order valence-corrected chi connectivity index (χ3v) is 5.69. The molecule has 2 aromatic carbocycles. The van der Waals surface area contributed by atoms with E-state index >= 15 is 0 Å². The minimum Gasteiger partial charge on any atom is -0.467 e. The average Bonchev–Trinajstić information content (AvgIpc) is 2.57. The lowest BCUT2D eigenvalue weighted by Crippen LogP contribution is -2.69. The summed E-state index contributed by atoms with van der Waals surface area (Å²) in [4.78, 5) is 12.8. The van der Waals surface area contributed by atoms with E-state index in [0.29, 0.717) is 10.9 Å². The Kier molecular flexibility index (Phi) is 3.66. The van der Waals surface area contributed by atoms with E-state index in [9.17, 15) is 10.1 Å². The molecule has 0 amide bonds. The molecule has 2 aliphatic heterocycles. The second-order valence-electron chi connectivity index (χ2n) is 7.03. The molecule has 1 saturated heterocycles. The number of fused-ring (bicyclic) bond motifs is 4. The van der Waals surface area contributed by atoms with Gasteiger partial charge in [0.05, 0.1) is 11.0 Å². The Morgan fingerprint density at radius 2 is 2.08 bits per heavy atom. The van der Waals surface area contributed by atoms with Crippen molar-refractivity contribution in [3.8, 4) is 5.75 Å². The first-order valence-corrected chi connectivity index (χ1v) is 8.87. The van der Waals surface area contributed by atoms with E-state index in [0.717, 1.165) is 16.8 Å². The van der Waals surface area contributed by atoms with Crippen LogP contribution >= 0.6 is 12.2 Å². The van der Waals surface area contributed by atoms with E-state index in [2.05, 4.69) is 18.3 Å². The lowest BCUT2D eigenvalue weighted by atomic mass is 9.80. The molecule has 2 aromatic rings. The number of anilines is 1. The fourth-order valence-corrected chi connectivity index (χ4v) is 4.29. The van der Waals surface area contributed by atoms with Gasteiger partial charge in [-0.05, 0) is 49.8 Å². The van der Waals surface area contributed by atoms with Gasteiger partial charge in [-0.1, -0.05) is 19.1 Å². The van der Waals surface area contributed by atoms with Crippen molar-refractivity contribution in [2.75, 3.05) is 4.90 Å². The van der Waals surface area contributed by atoms with Gasteiger partial charge in [-0.3, -0.25) is 15.0 Å². The second-order valence-corrected chi connectivity index (χ2v) is 7.41. The van der Waals surface area contributed by atoms with Gasteiger partial charge in [-0.2, -0.15) is 0 Å². The van der Waals surface area contributed by atoms with Gasteiger partial charge in [-0.25, -0.2) is 0 Å². The van der Waals surface area contributed by atoms with Crippen molar-refractivity contribution in [3.63, 3.8) is 0 Å². The van der Waals surface area contributed by atoms with Gasteiger partial charge >= 0.3 is 0 Å². The third-order valence-electron chi connectivity index (χ3n) is 5.39. The first-order chi connectivity index (χ1) is 12.3. The van der Waals surface area contributed by atoms with Gasteiger partial charge in [0.15, 0.2) is 10.8 Å². The number of thiocarbonyl (C=S) groups is 1. The van der Waals surface area contributed by atoms with Crippen molar-refractivity contribution >= 4 is 28.7 Å². The zero-order chi connectivity index (χ0) is 18.6. The molecular weight excluding hydrogens is 350 g/mol. The van der Waals surface area contributed by atoms with Crippen LogP contribution in [0.3, 0.4) is 0 Å². The van der Waals surface area contributed by atoms with Crippen molar-refractivity contribution in [1.82, 2.24) is 5.32 Å². The minimum atomic E-state index is -0.691. The van der Waals surface area contributed by atoms with E-state index in [-0.39, 0.29) is 22.6 Å². The molecule has 3 atom stereocenters. The van der Waals surface area contributed by atoms with Crippen LogP contribution in [0.5, 0.6) is 5.75 Å². The zero-order valence-corrected chi connectivity index (χ0v) is 15.5. The van der Waals surface area contributed by atoms with Gasteiger partial charge < -0.3 is 10.1 Å². The molecule has 1 fully saturated rings. The van der Waals surface area contributed by atoms with Gasteiger partial charge in [-0.15, -0.1) is 0 Å². The molecule has 26 heavy (non-hydrogen) atoms. The SMILES string of the molecule is Cc1cccc(N2C(=S)N[C@H]3c4cc([N+](=O)[O-])ccc4O[C@]2(C)[C@@H]3C)c1. The fraction of sp³-hybridized carbons (Fsp3) is 0.316. The number of ether oxygens (including phenoxy) is 1. The third kappa shape index (κ3) is 2.34. The standard InChI is InChI=1S/C19H19N3O3S/c1-11-5-4-6-13(9-11)21-18(26)20-17-12(2)19(21,3)25-16-8-7-14(22(23)24)10-15(16)17/h4-10,12,17H,1-3H3,(H,20,26)/t12-,17-,19-/m1/s1. The Bertz CT molecular complexity index is 932. The molecule has 4 rings (SSSR count). The molecule has 2 bridgehead atoms. The summed E-state index contributed by atoms with van der Waals surface area (Å²) in [6.07, 6.45) is 0. The monoisotopic (exact) mass is 369 g/mol. The van der Waals surface area contributed by atoms with Crippen LogP contribution in [-0.2, 0) is 0 Å². The highest BCUT2D eigenvalue weighted by atomic mass is 32.1. The molecule has 0 aliphatic carbocycles. The van der Waals surface area contributed by atoms with Crippen LogP contribution in [0, 0.1) is 23.0 Å². The summed E-state index contributed by atoms with van der Waals surface area (Å²) in [5.41, 5.74) is 2.23. The van der Waals surface area contributed by atoms with Gasteiger partial charge in [0.1, 0.15) is 5.75 Å². The molecule has 1 N–H and O–H groups in total. The first-order valence-electron chi connectivity index (χ1n) is 8.46. The highest BCUT2D eigenvalue weighted by Crippen LogP contribution is 2.49. The van der Waals surface area contributed by atoms with E-state index in [4.69, 9.17) is 17.0 Å². The Morgan fingerprint density at radius 3 is 2.77 bits per heavy atom. The quantitative estimate of drug-likeness (QED) is 0.489. The zero-order valence-electron chi connectivity index (χ0n) is 14.7. The van der Waals surface area contributed by atoms with Crippen molar-refractivity contribution in [3.05, 3.63) is 63.7 Å². The van der Waals surface area contributed by atoms with Crippen molar-refractivity contribution in [2.24, 2.45) is 5.92 Å². The molecule has 0 aromatic heterocycles. The van der Waals surface area contributed by atoms with Crippen molar-refractivity contribution < 1.29 is 9.66 Å². The molecule has 0 spiro atoms. The van der Waals surface area contributed by atoms with Crippen LogP contribution in [0.1, 0.15) is 31.0 Å². The van der Waals surface area contributed by atoms with Gasteiger partial charge in [0.25, 0.3) is 5.69 Å². The summed E-state index contributed by atoms with van der Waals surface area (Å²) in [5, 5.41) is 15.1. The van der Waals surface area contributed by atoms with E-state index in [1.807, 2.05) is 36.9 Å². The van der Waals surface area contributed by atoms with Crippen LogP contribution < -0.4 is 15.0 Å². The summed E-state index contributed by atoms with van der Waals surface area (Å²) in [7, 11) is 0. The molecule has 0 saturated carbocycles. The van der Waals surface area contributed by atoms with Crippen LogP contribution in [0.2, 0.25) is 0 Å². The smallest absolute Gasteiger partial charge is 0.270 e. The maximum absolute atomic E-state index is 11.1. The van der Waals surface area contributed by atoms with Crippen molar-refractivity contribution in [1.29, 1.82) is 0 Å². The fourth-order valence-electron chi connectivity index (χ4n) is 3.87. The number of non-ortho nitro benzene ring substituents is 1. The number of hydrogen-bond donors (Lipinski definition) is 1. The Morgan fingerprint density at radius 1 is 1.31 bits per heavy atom. The molecular formula is C19H19N3O3S.